The van der Waals surface area contributed by atoms with Crippen molar-refractivity contribution in [2.75, 3.05) is 13.3 Å². The van der Waals surface area contributed by atoms with Crippen molar-refractivity contribution in [3.8, 4) is 23.0 Å². The minimum Gasteiger partial charge on any atom is -0.454 e. The number of fused-ring (bicyclic) bond motifs is 1. The van der Waals surface area contributed by atoms with Crippen molar-refractivity contribution >= 4 is 0 Å². The molecule has 0 saturated carbocycles. The highest BCUT2D eigenvalue weighted by molar-refractivity contribution is 5.60. The maximum atomic E-state index is 5.56. The molecule has 0 bridgehead atoms. The zero-order chi connectivity index (χ0) is 12.4. The van der Waals surface area contributed by atoms with Gasteiger partial charge in [-0.1, -0.05) is 0 Å². The third kappa shape index (κ3) is 2.02. The van der Waals surface area contributed by atoms with E-state index in [9.17, 15) is 0 Å². The van der Waals surface area contributed by atoms with Crippen LogP contribution >= 0.6 is 0 Å². The molecule has 0 atom stereocenters. The van der Waals surface area contributed by atoms with Crippen LogP contribution in [0.15, 0.2) is 22.6 Å². The predicted molar refractivity (Wildman–Crippen MR) is 63.2 cm³/mol. The summed E-state index contributed by atoms with van der Waals surface area (Å²) in [4.78, 5) is 0. The lowest BCUT2D eigenvalue weighted by molar-refractivity contribution is 0.174. The van der Waals surface area contributed by atoms with Gasteiger partial charge in [-0.15, -0.1) is 10.2 Å². The maximum Gasteiger partial charge on any atom is 0.247 e. The Morgan fingerprint density at radius 3 is 2.94 bits per heavy atom. The Morgan fingerprint density at radius 1 is 1.17 bits per heavy atom. The highest BCUT2D eigenvalue weighted by Gasteiger charge is 2.16. The van der Waals surface area contributed by atoms with E-state index in [-0.39, 0.29) is 6.79 Å². The molecule has 1 aromatic heterocycles. The zero-order valence-electron chi connectivity index (χ0n) is 9.76. The molecule has 6 heteroatoms. The molecule has 1 aliphatic rings. The molecule has 0 saturated heterocycles. The first kappa shape index (κ1) is 11.0. The van der Waals surface area contributed by atoms with Crippen LogP contribution in [0.5, 0.6) is 11.5 Å². The molecule has 0 fully saturated rings. The molecular formula is C12H13N3O3. The topological polar surface area (TPSA) is 83.4 Å². The van der Waals surface area contributed by atoms with Gasteiger partial charge in [0.2, 0.25) is 18.6 Å². The number of nitrogens with zero attached hydrogens (tertiary/aromatic N) is 2. The molecular weight excluding hydrogens is 234 g/mol. The second-order valence-electron chi connectivity index (χ2n) is 3.96. The molecule has 0 radical (unpaired) electrons. The summed E-state index contributed by atoms with van der Waals surface area (Å²) in [6, 6.07) is 5.54. The number of aromatic nitrogens is 2. The molecule has 3 rings (SSSR count). The fraction of sp³-hybridized carbons (Fsp3) is 0.333. The van der Waals surface area contributed by atoms with E-state index >= 15 is 0 Å². The first-order valence-electron chi connectivity index (χ1n) is 5.79. The van der Waals surface area contributed by atoms with Crippen LogP contribution in [0.3, 0.4) is 0 Å². The van der Waals surface area contributed by atoms with Crippen LogP contribution in [0.2, 0.25) is 0 Å². The third-order valence-corrected chi connectivity index (χ3v) is 2.68. The van der Waals surface area contributed by atoms with Crippen molar-refractivity contribution in [1.29, 1.82) is 0 Å². The van der Waals surface area contributed by atoms with E-state index in [0.717, 1.165) is 17.7 Å². The van der Waals surface area contributed by atoms with Gasteiger partial charge in [-0.2, -0.15) is 0 Å². The van der Waals surface area contributed by atoms with Crippen LogP contribution in [-0.4, -0.2) is 23.5 Å². The van der Waals surface area contributed by atoms with E-state index in [1.165, 1.54) is 0 Å². The number of benzene rings is 1. The summed E-state index contributed by atoms with van der Waals surface area (Å²) in [6.45, 7) is 0.867. The van der Waals surface area contributed by atoms with Gasteiger partial charge in [0, 0.05) is 12.0 Å². The quantitative estimate of drug-likeness (QED) is 0.878. The maximum absolute atomic E-state index is 5.56. The van der Waals surface area contributed by atoms with Crippen LogP contribution < -0.4 is 15.2 Å². The second kappa shape index (κ2) is 4.66. The van der Waals surface area contributed by atoms with Crippen molar-refractivity contribution in [3.63, 3.8) is 0 Å². The Labute approximate surface area is 104 Å². The van der Waals surface area contributed by atoms with Crippen molar-refractivity contribution in [3.05, 3.63) is 24.1 Å². The Hall–Kier alpha value is -2.08. The van der Waals surface area contributed by atoms with E-state index in [1.54, 1.807) is 0 Å². The Balaban J connectivity index is 1.83. The highest BCUT2D eigenvalue weighted by Crippen LogP contribution is 2.35. The standard InChI is InChI=1S/C12H13N3O3/c13-5-1-2-11-14-15-12(18-11)8-3-4-9-10(6-8)17-7-16-9/h3-4,6H,1-2,5,7,13H2. The molecule has 0 amide bonds. The summed E-state index contributed by atoms with van der Waals surface area (Å²) in [6.07, 6.45) is 1.54. The second-order valence-corrected chi connectivity index (χ2v) is 3.96. The van der Waals surface area contributed by atoms with Crippen LogP contribution in [-0.2, 0) is 6.42 Å². The van der Waals surface area contributed by atoms with E-state index in [1.807, 2.05) is 18.2 Å². The van der Waals surface area contributed by atoms with Crippen molar-refractivity contribution < 1.29 is 13.9 Å². The lowest BCUT2D eigenvalue weighted by Gasteiger charge is -1.97. The van der Waals surface area contributed by atoms with Gasteiger partial charge in [0.1, 0.15) is 0 Å². The van der Waals surface area contributed by atoms with Gasteiger partial charge < -0.3 is 19.6 Å². The van der Waals surface area contributed by atoms with Crippen molar-refractivity contribution in [1.82, 2.24) is 10.2 Å². The fourth-order valence-electron chi connectivity index (χ4n) is 1.75. The molecule has 1 aromatic carbocycles. The molecule has 0 spiro atoms. The highest BCUT2D eigenvalue weighted by atomic mass is 16.7. The van der Waals surface area contributed by atoms with Crippen molar-refractivity contribution in [2.24, 2.45) is 5.73 Å². The number of hydrogen-bond donors (Lipinski definition) is 1. The van der Waals surface area contributed by atoms with Crippen LogP contribution in [0.1, 0.15) is 12.3 Å². The third-order valence-electron chi connectivity index (χ3n) is 2.68. The summed E-state index contributed by atoms with van der Waals surface area (Å²) in [5.41, 5.74) is 6.26. The van der Waals surface area contributed by atoms with E-state index in [0.29, 0.717) is 30.5 Å². The average molecular weight is 247 g/mol. The summed E-state index contributed by atoms with van der Waals surface area (Å²) >= 11 is 0. The summed E-state index contributed by atoms with van der Waals surface area (Å²) in [5.74, 6) is 2.53. The molecule has 0 unspecified atom stereocenters. The minimum absolute atomic E-state index is 0.254. The van der Waals surface area contributed by atoms with Crippen LogP contribution in [0.4, 0.5) is 0 Å². The number of hydrogen-bond acceptors (Lipinski definition) is 6. The molecule has 2 N–H and O–H groups in total. The molecule has 2 heterocycles. The molecule has 2 aromatic rings. The first-order valence-corrected chi connectivity index (χ1v) is 5.79. The van der Waals surface area contributed by atoms with Gasteiger partial charge in [0.15, 0.2) is 11.5 Å². The number of ether oxygens (including phenoxy) is 2. The molecule has 18 heavy (non-hydrogen) atoms. The van der Waals surface area contributed by atoms with Crippen LogP contribution in [0.25, 0.3) is 11.5 Å². The summed E-state index contributed by atoms with van der Waals surface area (Å²) in [5, 5.41) is 7.99. The van der Waals surface area contributed by atoms with Gasteiger partial charge in [0.25, 0.3) is 0 Å². The number of rotatable bonds is 4. The largest absolute Gasteiger partial charge is 0.454 e. The molecule has 1 aliphatic heterocycles. The Morgan fingerprint density at radius 2 is 2.06 bits per heavy atom. The zero-order valence-corrected chi connectivity index (χ0v) is 9.76. The lowest BCUT2D eigenvalue weighted by Crippen LogP contribution is -2.00. The van der Waals surface area contributed by atoms with Gasteiger partial charge in [0.05, 0.1) is 0 Å². The lowest BCUT2D eigenvalue weighted by atomic mass is 10.2. The number of aryl methyl sites for hydroxylation is 1. The monoisotopic (exact) mass is 247 g/mol. The Bertz CT molecular complexity index is 553. The van der Waals surface area contributed by atoms with Gasteiger partial charge >= 0.3 is 0 Å². The molecule has 94 valence electrons. The minimum atomic E-state index is 0.254. The summed E-state index contributed by atoms with van der Waals surface area (Å²) in [7, 11) is 0. The van der Waals surface area contributed by atoms with Gasteiger partial charge in [-0.25, -0.2) is 0 Å². The summed E-state index contributed by atoms with van der Waals surface area (Å²) < 4.78 is 16.1. The van der Waals surface area contributed by atoms with Gasteiger partial charge in [-0.3, -0.25) is 0 Å². The normalized spacial score (nSPS) is 12.9. The first-order chi connectivity index (χ1) is 8.86. The van der Waals surface area contributed by atoms with E-state index in [2.05, 4.69) is 10.2 Å². The SMILES string of the molecule is NCCCc1nnc(-c2ccc3c(c2)OCO3)o1. The van der Waals surface area contributed by atoms with Crippen LogP contribution in [0, 0.1) is 0 Å². The smallest absolute Gasteiger partial charge is 0.247 e. The fourth-order valence-corrected chi connectivity index (χ4v) is 1.75. The molecule has 0 aliphatic carbocycles. The predicted octanol–water partition coefficient (Wildman–Crippen LogP) is 1.36. The van der Waals surface area contributed by atoms with Gasteiger partial charge in [-0.05, 0) is 31.2 Å². The average Bonchev–Trinajstić information content (AvgIpc) is 3.04. The number of nitrogens with two attached hydrogens (primary N) is 1. The van der Waals surface area contributed by atoms with E-state index in [4.69, 9.17) is 19.6 Å². The van der Waals surface area contributed by atoms with Crippen molar-refractivity contribution in [2.45, 2.75) is 12.8 Å². The molecule has 6 nitrogen and oxygen atoms in total. The Kier molecular flexibility index (Phi) is 2.85. The van der Waals surface area contributed by atoms with E-state index < -0.39 is 0 Å².